The van der Waals surface area contributed by atoms with E-state index in [0.29, 0.717) is 6.61 Å². The summed E-state index contributed by atoms with van der Waals surface area (Å²) in [4.78, 5) is 23.0. The van der Waals surface area contributed by atoms with Gasteiger partial charge in [-0.25, -0.2) is 0 Å². The van der Waals surface area contributed by atoms with Crippen molar-refractivity contribution in [2.45, 2.75) is 60.0 Å². The molecule has 0 saturated heterocycles. The molecule has 0 heterocycles. The second-order valence-electron chi connectivity index (χ2n) is 6.46. The number of Topliss-reactive ketones (excluding diaryl/α,β-unsaturated/α-hetero) is 1. The van der Waals surface area contributed by atoms with E-state index in [4.69, 9.17) is 4.74 Å². The number of hydrogen-bond donors (Lipinski definition) is 0. The van der Waals surface area contributed by atoms with Crippen molar-refractivity contribution in [1.82, 2.24) is 0 Å². The van der Waals surface area contributed by atoms with E-state index in [1.54, 1.807) is 0 Å². The van der Waals surface area contributed by atoms with E-state index in [2.05, 4.69) is 6.92 Å². The summed E-state index contributed by atoms with van der Waals surface area (Å²) >= 11 is 0. The zero-order chi connectivity index (χ0) is 16.8. The summed E-state index contributed by atoms with van der Waals surface area (Å²) in [6, 6.07) is 0. The number of carbonyl (C=O) groups excluding carboxylic acids is 2. The lowest BCUT2D eigenvalue weighted by Gasteiger charge is -2.28. The molecule has 0 fully saturated rings. The summed E-state index contributed by atoms with van der Waals surface area (Å²) in [5, 5.41) is 0. The first-order chi connectivity index (χ1) is 10.4. The molecule has 1 rings (SSSR count). The van der Waals surface area contributed by atoms with Gasteiger partial charge in [-0.2, -0.15) is 0 Å². The van der Waals surface area contributed by atoms with Crippen molar-refractivity contribution in [1.29, 1.82) is 0 Å². The van der Waals surface area contributed by atoms with Gasteiger partial charge in [-0.15, -0.1) is 0 Å². The van der Waals surface area contributed by atoms with E-state index in [-0.39, 0.29) is 11.2 Å². The first-order valence-electron chi connectivity index (χ1n) is 8.03. The minimum absolute atomic E-state index is 0.0816. The Morgan fingerprint density at radius 3 is 2.59 bits per heavy atom. The van der Waals surface area contributed by atoms with Crippen LogP contribution in [0, 0.1) is 5.41 Å². The third-order valence-electron chi connectivity index (χ3n) is 4.24. The zero-order valence-electron chi connectivity index (χ0n) is 14.4. The molecular formula is C19H28O3. The maximum atomic E-state index is 12.5. The predicted molar refractivity (Wildman–Crippen MR) is 89.7 cm³/mol. The number of carbonyl (C=O) groups is 2. The molecule has 3 heteroatoms. The smallest absolute Gasteiger partial charge is 0.188 e. The van der Waals surface area contributed by atoms with Gasteiger partial charge in [0, 0.05) is 12.0 Å². The van der Waals surface area contributed by atoms with E-state index in [1.807, 2.05) is 39.8 Å². The van der Waals surface area contributed by atoms with Crippen molar-refractivity contribution >= 4 is 12.1 Å². The number of aldehydes is 1. The Balaban J connectivity index is 2.88. The van der Waals surface area contributed by atoms with Crippen LogP contribution in [0.2, 0.25) is 0 Å². The van der Waals surface area contributed by atoms with Gasteiger partial charge in [-0.3, -0.25) is 9.59 Å². The first kappa shape index (κ1) is 18.6. The quantitative estimate of drug-likeness (QED) is 0.292. The fourth-order valence-electron chi connectivity index (χ4n) is 2.84. The van der Waals surface area contributed by atoms with E-state index in [1.165, 1.54) is 6.08 Å². The summed E-state index contributed by atoms with van der Waals surface area (Å²) in [5.41, 5.74) is 2.29. The van der Waals surface area contributed by atoms with E-state index >= 15 is 0 Å². The van der Waals surface area contributed by atoms with E-state index in [0.717, 1.165) is 42.3 Å². The molecule has 3 nitrogen and oxygen atoms in total. The summed E-state index contributed by atoms with van der Waals surface area (Å²) in [5.74, 6) is 0.0816. The minimum Gasteiger partial charge on any atom is -0.369 e. The molecule has 122 valence electrons. The molecule has 0 spiro atoms. The molecule has 0 N–H and O–H groups in total. The maximum Gasteiger partial charge on any atom is 0.188 e. The average molecular weight is 304 g/mol. The van der Waals surface area contributed by atoms with Gasteiger partial charge >= 0.3 is 0 Å². The second kappa shape index (κ2) is 8.23. The van der Waals surface area contributed by atoms with E-state index < -0.39 is 6.10 Å². The van der Waals surface area contributed by atoms with Crippen LogP contribution in [0.25, 0.3) is 0 Å². The van der Waals surface area contributed by atoms with Gasteiger partial charge in [0.25, 0.3) is 0 Å². The van der Waals surface area contributed by atoms with Crippen molar-refractivity contribution in [2.24, 2.45) is 5.41 Å². The molecule has 0 aliphatic heterocycles. The molecule has 1 atom stereocenters. The second-order valence-corrected chi connectivity index (χ2v) is 6.46. The first-order valence-corrected chi connectivity index (χ1v) is 8.03. The fourth-order valence-corrected chi connectivity index (χ4v) is 2.84. The Morgan fingerprint density at radius 1 is 1.32 bits per heavy atom. The van der Waals surface area contributed by atoms with Gasteiger partial charge in [0.15, 0.2) is 5.78 Å². The lowest BCUT2D eigenvalue weighted by molar-refractivity contribution is -0.130. The van der Waals surface area contributed by atoms with E-state index in [9.17, 15) is 9.59 Å². The molecule has 1 aliphatic carbocycles. The molecule has 0 aromatic heterocycles. The summed E-state index contributed by atoms with van der Waals surface area (Å²) in [6.45, 7) is 10.6. The third kappa shape index (κ3) is 4.26. The van der Waals surface area contributed by atoms with Crippen LogP contribution in [0.5, 0.6) is 0 Å². The number of ketones is 1. The highest BCUT2D eigenvalue weighted by molar-refractivity contribution is 6.03. The van der Waals surface area contributed by atoms with Crippen molar-refractivity contribution in [3.63, 3.8) is 0 Å². The Labute approximate surface area is 134 Å². The molecule has 0 bridgehead atoms. The summed E-state index contributed by atoms with van der Waals surface area (Å²) < 4.78 is 5.89. The Hall–Kier alpha value is -1.48. The van der Waals surface area contributed by atoms with Crippen LogP contribution < -0.4 is 0 Å². The maximum absolute atomic E-state index is 12.5. The monoisotopic (exact) mass is 304 g/mol. The summed E-state index contributed by atoms with van der Waals surface area (Å²) in [7, 11) is 0. The van der Waals surface area contributed by atoms with Crippen LogP contribution in [0.15, 0.2) is 34.9 Å². The van der Waals surface area contributed by atoms with Crippen LogP contribution >= 0.6 is 0 Å². The van der Waals surface area contributed by atoms with Crippen LogP contribution in [0.1, 0.15) is 53.9 Å². The van der Waals surface area contributed by atoms with Crippen LogP contribution in [-0.2, 0) is 14.3 Å². The fraction of sp³-hybridized carbons (Fsp3) is 0.579. The number of allylic oxidation sites excluding steroid dienone is 4. The molecule has 22 heavy (non-hydrogen) atoms. The lowest BCUT2D eigenvalue weighted by atomic mass is 9.82. The molecule has 0 aromatic rings. The molecule has 0 radical (unpaired) electrons. The van der Waals surface area contributed by atoms with Gasteiger partial charge in [0.1, 0.15) is 12.4 Å². The van der Waals surface area contributed by atoms with Crippen LogP contribution in [0.4, 0.5) is 0 Å². The normalized spacial score (nSPS) is 22.0. The standard InChI is InChI=1S/C19H28O3/c1-6-7-8-13-22-18-17(21)15(3)16(19(18,4)5)10-9-14(2)11-12-20/h9-12,18H,6-8,13H2,1-5H3/b10-9+,14-11+. The molecule has 1 unspecified atom stereocenters. The largest absolute Gasteiger partial charge is 0.369 e. The van der Waals surface area contributed by atoms with Crippen molar-refractivity contribution in [3.8, 4) is 0 Å². The Morgan fingerprint density at radius 2 is 2.00 bits per heavy atom. The predicted octanol–water partition coefficient (Wildman–Crippen LogP) is 4.19. The molecule has 0 amide bonds. The highest BCUT2D eigenvalue weighted by atomic mass is 16.5. The topological polar surface area (TPSA) is 43.4 Å². The van der Waals surface area contributed by atoms with Gasteiger partial charge < -0.3 is 4.74 Å². The number of unbranched alkanes of at least 4 members (excludes halogenated alkanes) is 2. The third-order valence-corrected chi connectivity index (χ3v) is 4.24. The summed E-state index contributed by atoms with van der Waals surface area (Å²) in [6.07, 6.45) is 8.94. The highest BCUT2D eigenvalue weighted by Crippen LogP contribution is 2.43. The van der Waals surface area contributed by atoms with Gasteiger partial charge in [0.05, 0.1) is 0 Å². The molecular weight excluding hydrogens is 276 g/mol. The molecule has 0 saturated carbocycles. The van der Waals surface area contributed by atoms with Crippen LogP contribution in [0.3, 0.4) is 0 Å². The van der Waals surface area contributed by atoms with Gasteiger partial charge in [-0.1, -0.05) is 45.8 Å². The zero-order valence-corrected chi connectivity index (χ0v) is 14.4. The number of hydrogen-bond acceptors (Lipinski definition) is 3. The molecule has 1 aliphatic rings. The Kier molecular flexibility index (Phi) is 6.95. The number of rotatable bonds is 8. The van der Waals surface area contributed by atoms with Gasteiger partial charge in [-0.05, 0) is 43.1 Å². The lowest BCUT2D eigenvalue weighted by Crippen LogP contribution is -2.34. The minimum atomic E-state index is -0.403. The van der Waals surface area contributed by atoms with Crippen molar-refractivity contribution in [2.75, 3.05) is 6.61 Å². The SMILES string of the molecule is CCCCCOC1C(=O)C(C)=C(/C=C/C(C)=C/C=O)C1(C)C. The highest BCUT2D eigenvalue weighted by Gasteiger charge is 2.45. The Bertz CT molecular complexity index is 507. The number of ether oxygens (including phenoxy) is 1. The van der Waals surface area contributed by atoms with Crippen LogP contribution in [-0.4, -0.2) is 24.8 Å². The van der Waals surface area contributed by atoms with Gasteiger partial charge in [0.2, 0.25) is 0 Å². The van der Waals surface area contributed by atoms with Crippen molar-refractivity contribution < 1.29 is 14.3 Å². The van der Waals surface area contributed by atoms with Crippen molar-refractivity contribution in [3.05, 3.63) is 34.9 Å². The average Bonchev–Trinajstić information content (AvgIpc) is 2.61. The molecule has 0 aromatic carbocycles.